The van der Waals surface area contributed by atoms with Crippen molar-refractivity contribution in [2.75, 3.05) is 0 Å². The zero-order chi connectivity index (χ0) is 16.1. The molecule has 0 saturated carbocycles. The van der Waals surface area contributed by atoms with E-state index >= 15 is 0 Å². The maximum absolute atomic E-state index is 12.2. The number of aromatic nitrogens is 4. The van der Waals surface area contributed by atoms with Crippen molar-refractivity contribution in [2.24, 2.45) is 0 Å². The molecule has 0 spiro atoms. The molecule has 0 bridgehead atoms. The van der Waals surface area contributed by atoms with E-state index in [2.05, 4.69) is 20.4 Å². The second-order valence-corrected chi connectivity index (χ2v) is 5.17. The number of pyridine rings is 2. The molecule has 1 N–H and O–H groups in total. The minimum atomic E-state index is -0.341. The van der Waals surface area contributed by atoms with Gasteiger partial charge in [0.25, 0.3) is 0 Å². The SMILES string of the molecule is CC(C(=O)NCc1ccnc(-c2ccncc2)c1)n1cccn1. The lowest BCUT2D eigenvalue weighted by Crippen LogP contribution is -2.30. The Bertz CT molecular complexity index is 771. The molecule has 0 radical (unpaired) electrons. The third-order valence-electron chi connectivity index (χ3n) is 3.57. The number of hydrogen-bond donors (Lipinski definition) is 1. The highest BCUT2D eigenvalue weighted by Crippen LogP contribution is 2.16. The van der Waals surface area contributed by atoms with E-state index in [0.29, 0.717) is 6.54 Å². The Morgan fingerprint density at radius 1 is 1.22 bits per heavy atom. The molecule has 6 heteroatoms. The van der Waals surface area contributed by atoms with Crippen molar-refractivity contribution in [3.05, 3.63) is 66.9 Å². The molecule has 6 nitrogen and oxygen atoms in total. The molecule has 23 heavy (non-hydrogen) atoms. The minimum Gasteiger partial charge on any atom is -0.350 e. The molecule has 3 rings (SSSR count). The van der Waals surface area contributed by atoms with Gasteiger partial charge in [-0.15, -0.1) is 0 Å². The third kappa shape index (κ3) is 3.60. The van der Waals surface area contributed by atoms with Gasteiger partial charge in [-0.3, -0.25) is 19.4 Å². The van der Waals surface area contributed by atoms with Crippen LogP contribution in [-0.2, 0) is 11.3 Å². The van der Waals surface area contributed by atoms with E-state index in [1.807, 2.05) is 31.2 Å². The van der Waals surface area contributed by atoms with Crippen LogP contribution < -0.4 is 5.32 Å². The molecular weight excluding hydrogens is 290 g/mol. The molecule has 0 aliphatic rings. The number of amides is 1. The first-order valence-electron chi connectivity index (χ1n) is 7.36. The van der Waals surface area contributed by atoms with Gasteiger partial charge < -0.3 is 5.32 Å². The molecule has 1 atom stereocenters. The largest absolute Gasteiger partial charge is 0.350 e. The lowest BCUT2D eigenvalue weighted by molar-refractivity contribution is -0.124. The number of nitrogens with zero attached hydrogens (tertiary/aromatic N) is 4. The van der Waals surface area contributed by atoms with Crippen LogP contribution in [0.3, 0.4) is 0 Å². The monoisotopic (exact) mass is 307 g/mol. The van der Waals surface area contributed by atoms with Crippen molar-refractivity contribution in [1.82, 2.24) is 25.1 Å². The van der Waals surface area contributed by atoms with Gasteiger partial charge in [0.15, 0.2) is 0 Å². The standard InChI is InChI=1S/C17H17N5O/c1-13(22-10-2-6-21-22)17(23)20-12-14-3-9-19-16(11-14)15-4-7-18-8-5-15/h2-11,13H,12H2,1H3,(H,20,23). The average molecular weight is 307 g/mol. The molecule has 0 saturated heterocycles. The van der Waals surface area contributed by atoms with Crippen LogP contribution >= 0.6 is 0 Å². The van der Waals surface area contributed by atoms with E-state index in [1.54, 1.807) is 41.7 Å². The van der Waals surface area contributed by atoms with Gasteiger partial charge in [0.1, 0.15) is 6.04 Å². The first-order chi connectivity index (χ1) is 11.2. The molecular formula is C17H17N5O. The van der Waals surface area contributed by atoms with Gasteiger partial charge >= 0.3 is 0 Å². The predicted octanol–water partition coefficient (Wildman–Crippen LogP) is 2.22. The fourth-order valence-corrected chi connectivity index (χ4v) is 2.23. The maximum Gasteiger partial charge on any atom is 0.244 e. The van der Waals surface area contributed by atoms with Crippen molar-refractivity contribution in [1.29, 1.82) is 0 Å². The van der Waals surface area contributed by atoms with E-state index in [-0.39, 0.29) is 11.9 Å². The Morgan fingerprint density at radius 3 is 2.78 bits per heavy atom. The average Bonchev–Trinajstić information content (AvgIpc) is 3.14. The second-order valence-electron chi connectivity index (χ2n) is 5.17. The highest BCUT2D eigenvalue weighted by Gasteiger charge is 2.14. The number of nitrogens with one attached hydrogen (secondary N) is 1. The van der Waals surface area contributed by atoms with Gasteiger partial charge in [-0.1, -0.05) is 0 Å². The van der Waals surface area contributed by atoms with Crippen LogP contribution in [0.2, 0.25) is 0 Å². The van der Waals surface area contributed by atoms with Crippen molar-refractivity contribution in [3.8, 4) is 11.3 Å². The van der Waals surface area contributed by atoms with Crippen LogP contribution in [0.5, 0.6) is 0 Å². The molecule has 3 aromatic rings. The summed E-state index contributed by atoms with van der Waals surface area (Å²) in [5.41, 5.74) is 2.85. The van der Waals surface area contributed by atoms with Crippen LogP contribution in [0.1, 0.15) is 18.5 Å². The Morgan fingerprint density at radius 2 is 2.04 bits per heavy atom. The van der Waals surface area contributed by atoms with Crippen LogP contribution in [0.25, 0.3) is 11.3 Å². The van der Waals surface area contributed by atoms with Gasteiger partial charge in [0.2, 0.25) is 5.91 Å². The van der Waals surface area contributed by atoms with E-state index in [4.69, 9.17) is 0 Å². The molecule has 0 aromatic carbocycles. The van der Waals surface area contributed by atoms with Crippen molar-refractivity contribution >= 4 is 5.91 Å². The highest BCUT2D eigenvalue weighted by molar-refractivity contribution is 5.79. The molecule has 0 aliphatic heterocycles. The normalized spacial score (nSPS) is 11.9. The lowest BCUT2D eigenvalue weighted by Gasteiger charge is -2.13. The molecule has 3 aromatic heterocycles. The van der Waals surface area contributed by atoms with E-state index in [0.717, 1.165) is 16.8 Å². The fourth-order valence-electron chi connectivity index (χ4n) is 2.23. The van der Waals surface area contributed by atoms with Crippen molar-refractivity contribution < 1.29 is 4.79 Å². The summed E-state index contributed by atoms with van der Waals surface area (Å²) >= 11 is 0. The fraction of sp³-hybridized carbons (Fsp3) is 0.176. The number of hydrogen-bond acceptors (Lipinski definition) is 4. The summed E-state index contributed by atoms with van der Waals surface area (Å²) < 4.78 is 1.63. The zero-order valence-electron chi connectivity index (χ0n) is 12.8. The van der Waals surface area contributed by atoms with E-state index in [9.17, 15) is 4.79 Å². The maximum atomic E-state index is 12.2. The Balaban J connectivity index is 1.66. The smallest absolute Gasteiger partial charge is 0.244 e. The molecule has 1 amide bonds. The van der Waals surface area contributed by atoms with E-state index < -0.39 is 0 Å². The summed E-state index contributed by atoms with van der Waals surface area (Å²) in [6.45, 7) is 2.27. The van der Waals surface area contributed by atoms with Crippen LogP contribution in [0.4, 0.5) is 0 Å². The molecule has 116 valence electrons. The molecule has 1 unspecified atom stereocenters. The summed E-state index contributed by atoms with van der Waals surface area (Å²) in [4.78, 5) is 20.5. The summed E-state index contributed by atoms with van der Waals surface area (Å²) in [7, 11) is 0. The van der Waals surface area contributed by atoms with Gasteiger partial charge in [-0.2, -0.15) is 5.10 Å². The second kappa shape index (κ2) is 6.83. The summed E-state index contributed by atoms with van der Waals surface area (Å²) in [5.74, 6) is -0.0732. The quantitative estimate of drug-likeness (QED) is 0.784. The first-order valence-corrected chi connectivity index (χ1v) is 7.36. The molecule has 0 fully saturated rings. The third-order valence-corrected chi connectivity index (χ3v) is 3.57. The summed E-state index contributed by atoms with van der Waals surface area (Å²) in [5, 5.41) is 7.01. The van der Waals surface area contributed by atoms with Crippen molar-refractivity contribution in [2.45, 2.75) is 19.5 Å². The van der Waals surface area contributed by atoms with Gasteiger partial charge in [-0.05, 0) is 42.8 Å². The summed E-state index contributed by atoms with van der Waals surface area (Å²) in [6, 6.07) is 9.13. The first kappa shape index (κ1) is 14.9. The number of carbonyl (C=O) groups is 1. The van der Waals surface area contributed by atoms with Crippen LogP contribution in [-0.4, -0.2) is 25.7 Å². The predicted molar refractivity (Wildman–Crippen MR) is 86.3 cm³/mol. The van der Waals surface area contributed by atoms with Crippen LogP contribution in [0, 0.1) is 0 Å². The van der Waals surface area contributed by atoms with Crippen molar-refractivity contribution in [3.63, 3.8) is 0 Å². The topological polar surface area (TPSA) is 72.7 Å². The highest BCUT2D eigenvalue weighted by atomic mass is 16.2. The molecule has 3 heterocycles. The van der Waals surface area contributed by atoms with Gasteiger partial charge in [0.05, 0.1) is 5.69 Å². The zero-order valence-corrected chi connectivity index (χ0v) is 12.8. The number of rotatable bonds is 5. The molecule has 0 aliphatic carbocycles. The van der Waals surface area contributed by atoms with Crippen LogP contribution in [0.15, 0.2) is 61.3 Å². The Labute approximate surface area is 134 Å². The van der Waals surface area contributed by atoms with E-state index in [1.165, 1.54) is 0 Å². The number of carbonyl (C=O) groups excluding carboxylic acids is 1. The van der Waals surface area contributed by atoms with Gasteiger partial charge in [0, 0.05) is 43.1 Å². The Hall–Kier alpha value is -3.02. The van der Waals surface area contributed by atoms with Gasteiger partial charge in [-0.25, -0.2) is 0 Å². The minimum absolute atomic E-state index is 0.0732. The summed E-state index contributed by atoms with van der Waals surface area (Å²) in [6.07, 6.45) is 8.65. The lowest BCUT2D eigenvalue weighted by atomic mass is 10.1. The Kier molecular flexibility index (Phi) is 4.42.